The van der Waals surface area contributed by atoms with E-state index in [0.29, 0.717) is 0 Å². The summed E-state index contributed by atoms with van der Waals surface area (Å²) in [4.78, 5) is 36.9. The number of ketones is 1. The highest BCUT2D eigenvalue weighted by Crippen LogP contribution is 2.32. The summed E-state index contributed by atoms with van der Waals surface area (Å²) in [6.45, 7) is 0.0157. The van der Waals surface area contributed by atoms with Crippen molar-refractivity contribution < 1.29 is 27.9 Å². The number of cyclic esters (lactones) is 1. The maximum absolute atomic E-state index is 14.4. The molecule has 0 saturated carbocycles. The molecule has 7 nitrogen and oxygen atoms in total. The van der Waals surface area contributed by atoms with Gasteiger partial charge in [-0.3, -0.25) is 14.5 Å². The van der Waals surface area contributed by atoms with Crippen molar-refractivity contribution >= 4 is 29.2 Å². The van der Waals surface area contributed by atoms with E-state index >= 15 is 0 Å². The minimum Gasteiger partial charge on any atom is -0.434 e. The zero-order valence-electron chi connectivity index (χ0n) is 13.3. The van der Waals surface area contributed by atoms with Gasteiger partial charge in [-0.2, -0.15) is 0 Å². The Bertz CT molecular complexity index is 758. The van der Waals surface area contributed by atoms with E-state index in [1.807, 2.05) is 0 Å². The van der Waals surface area contributed by atoms with Gasteiger partial charge < -0.3 is 15.0 Å². The molecule has 0 bridgehead atoms. The Morgan fingerprint density at radius 2 is 1.96 bits per heavy atom. The summed E-state index contributed by atoms with van der Waals surface area (Å²) in [5, 5.41) is 2.35. The lowest BCUT2D eigenvalue weighted by molar-refractivity contribution is -0.127. The fraction of sp³-hybridized carbons (Fsp3) is 0.312. The molecule has 2 heterocycles. The van der Waals surface area contributed by atoms with E-state index in [9.17, 15) is 23.2 Å². The Morgan fingerprint density at radius 3 is 2.52 bits per heavy atom. The van der Waals surface area contributed by atoms with Gasteiger partial charge in [0.15, 0.2) is 23.5 Å². The van der Waals surface area contributed by atoms with Crippen molar-refractivity contribution in [2.75, 3.05) is 29.9 Å². The van der Waals surface area contributed by atoms with Crippen LogP contribution in [0.2, 0.25) is 0 Å². The number of hydrogen-bond donors (Lipinski definition) is 1. The molecule has 2 aliphatic rings. The predicted octanol–water partition coefficient (Wildman–Crippen LogP) is 1.33. The molecule has 1 aromatic carbocycles. The van der Waals surface area contributed by atoms with E-state index in [2.05, 4.69) is 5.32 Å². The zero-order valence-corrected chi connectivity index (χ0v) is 13.3. The van der Waals surface area contributed by atoms with Crippen LogP contribution >= 0.6 is 0 Å². The summed E-state index contributed by atoms with van der Waals surface area (Å²) < 4.78 is 33.8. The van der Waals surface area contributed by atoms with Gasteiger partial charge in [-0.1, -0.05) is 0 Å². The molecule has 9 heteroatoms. The van der Waals surface area contributed by atoms with Gasteiger partial charge in [-0.25, -0.2) is 13.6 Å². The fourth-order valence-electron chi connectivity index (χ4n) is 2.70. The Balaban J connectivity index is 1.88. The topological polar surface area (TPSA) is 79.0 Å². The highest BCUT2D eigenvalue weighted by atomic mass is 19.1. The normalized spacial score (nSPS) is 20.0. The molecule has 0 aromatic heterocycles. The Labute approximate surface area is 141 Å². The number of amides is 2. The van der Waals surface area contributed by atoms with Crippen LogP contribution in [0.3, 0.4) is 0 Å². The van der Waals surface area contributed by atoms with Gasteiger partial charge in [0.25, 0.3) is 5.91 Å². The number of anilines is 2. The number of allylic oxidation sites excluding steroid dienone is 1. The summed E-state index contributed by atoms with van der Waals surface area (Å²) in [5.41, 5.74) is -0.352. The van der Waals surface area contributed by atoms with Crippen molar-refractivity contribution in [3.8, 4) is 0 Å². The summed E-state index contributed by atoms with van der Waals surface area (Å²) in [6.07, 6.45) is 0.826. The first-order chi connectivity index (χ1) is 11.9. The van der Waals surface area contributed by atoms with Crippen LogP contribution in [0.5, 0.6) is 0 Å². The monoisotopic (exact) mass is 351 g/mol. The van der Waals surface area contributed by atoms with Gasteiger partial charge in [0.05, 0.1) is 12.2 Å². The van der Waals surface area contributed by atoms with Gasteiger partial charge in [-0.05, 0) is 6.08 Å². The van der Waals surface area contributed by atoms with Crippen molar-refractivity contribution in [1.29, 1.82) is 0 Å². The maximum Gasteiger partial charge on any atom is 0.415 e. The Hall–Kier alpha value is -2.97. The highest BCUT2D eigenvalue weighted by Gasteiger charge is 2.37. The Morgan fingerprint density at radius 1 is 1.28 bits per heavy atom. The lowest BCUT2D eigenvalue weighted by Gasteiger charge is -2.25. The van der Waals surface area contributed by atoms with Crippen molar-refractivity contribution in [2.45, 2.75) is 12.5 Å². The number of rotatable bonds is 3. The van der Waals surface area contributed by atoms with Crippen LogP contribution in [0.15, 0.2) is 24.4 Å². The van der Waals surface area contributed by atoms with Gasteiger partial charge in [-0.15, -0.1) is 0 Å². The first-order valence-corrected chi connectivity index (χ1v) is 7.57. The quantitative estimate of drug-likeness (QED) is 0.889. The lowest BCUT2D eigenvalue weighted by Crippen LogP contribution is -2.35. The van der Waals surface area contributed by atoms with E-state index in [1.54, 1.807) is 0 Å². The van der Waals surface area contributed by atoms with E-state index < -0.39 is 29.7 Å². The Kier molecular flexibility index (Phi) is 4.39. The minimum absolute atomic E-state index is 0.0489. The summed E-state index contributed by atoms with van der Waals surface area (Å²) in [5.74, 6) is -2.39. The third-order valence-electron chi connectivity index (χ3n) is 3.99. The lowest BCUT2D eigenvalue weighted by atomic mass is 10.1. The second-order valence-electron chi connectivity index (χ2n) is 5.58. The molecule has 2 amide bonds. The van der Waals surface area contributed by atoms with Gasteiger partial charge in [0.1, 0.15) is 5.69 Å². The number of carbonyl (C=O) groups is 3. The molecule has 1 N–H and O–H groups in total. The average molecular weight is 351 g/mol. The minimum atomic E-state index is -1.04. The maximum atomic E-state index is 14.4. The fourth-order valence-corrected chi connectivity index (χ4v) is 2.70. The van der Waals surface area contributed by atoms with Crippen LogP contribution in [-0.2, 0) is 14.3 Å². The zero-order chi connectivity index (χ0) is 18.1. The standard InChI is InChI=1S/C16H15F2N3O4/c1-19-15(23)13-8-21(16(24)25-13)9-6-11(17)14(12(18)7-9)20-4-2-10(22)3-5-20/h2,4,6-7,13H,3,5,8H2,1H3,(H,19,23). The smallest absolute Gasteiger partial charge is 0.415 e. The first-order valence-electron chi connectivity index (χ1n) is 7.57. The largest absolute Gasteiger partial charge is 0.434 e. The number of benzene rings is 1. The molecule has 0 spiro atoms. The van der Waals surface area contributed by atoms with Crippen molar-refractivity contribution in [1.82, 2.24) is 5.32 Å². The van der Waals surface area contributed by atoms with Gasteiger partial charge >= 0.3 is 6.09 Å². The van der Waals surface area contributed by atoms with Gasteiger partial charge in [0.2, 0.25) is 0 Å². The van der Waals surface area contributed by atoms with E-state index in [1.165, 1.54) is 24.2 Å². The van der Waals surface area contributed by atoms with E-state index in [4.69, 9.17) is 4.74 Å². The van der Waals surface area contributed by atoms with Crippen LogP contribution in [-0.4, -0.2) is 44.0 Å². The second kappa shape index (κ2) is 6.50. The molecule has 1 fully saturated rings. The summed E-state index contributed by atoms with van der Waals surface area (Å²) in [7, 11) is 1.39. The number of likely N-dealkylation sites (N-methyl/N-ethyl adjacent to an activating group) is 1. The number of nitrogens with zero attached hydrogens (tertiary/aromatic N) is 2. The third-order valence-corrected chi connectivity index (χ3v) is 3.99. The average Bonchev–Trinajstić information content (AvgIpc) is 2.97. The second-order valence-corrected chi connectivity index (χ2v) is 5.58. The number of carbonyl (C=O) groups excluding carboxylic acids is 3. The number of nitrogens with one attached hydrogen (secondary N) is 1. The SMILES string of the molecule is CNC(=O)C1CN(c2cc(F)c(N3C=CC(=O)CC3)c(F)c2)C(=O)O1. The molecular formula is C16H15F2N3O4. The van der Waals surface area contributed by atoms with Crippen molar-refractivity contribution in [3.63, 3.8) is 0 Å². The third kappa shape index (κ3) is 3.17. The van der Waals surface area contributed by atoms with Crippen molar-refractivity contribution in [2.24, 2.45) is 0 Å². The highest BCUT2D eigenvalue weighted by molar-refractivity contribution is 5.96. The molecule has 0 radical (unpaired) electrons. The molecule has 1 aromatic rings. The van der Waals surface area contributed by atoms with Crippen LogP contribution in [0.4, 0.5) is 25.0 Å². The molecule has 3 rings (SSSR count). The number of ether oxygens (including phenoxy) is 1. The molecule has 0 aliphatic carbocycles. The predicted molar refractivity (Wildman–Crippen MR) is 84.1 cm³/mol. The first kappa shape index (κ1) is 16.9. The molecule has 2 aliphatic heterocycles. The molecular weight excluding hydrogens is 336 g/mol. The molecule has 1 unspecified atom stereocenters. The van der Waals surface area contributed by atoms with Crippen molar-refractivity contribution in [3.05, 3.63) is 36.0 Å². The molecule has 132 valence electrons. The van der Waals surface area contributed by atoms with E-state index in [-0.39, 0.29) is 36.7 Å². The summed E-state index contributed by atoms with van der Waals surface area (Å²) in [6, 6.07) is 1.99. The van der Waals surface area contributed by atoms with Crippen LogP contribution in [0, 0.1) is 11.6 Å². The van der Waals surface area contributed by atoms with Gasteiger partial charge in [0, 0.05) is 38.3 Å². The number of halogens is 2. The molecule has 1 saturated heterocycles. The molecule has 1 atom stereocenters. The molecule has 25 heavy (non-hydrogen) atoms. The van der Waals surface area contributed by atoms with E-state index in [0.717, 1.165) is 17.0 Å². The number of hydrogen-bond acceptors (Lipinski definition) is 5. The van der Waals surface area contributed by atoms with Crippen LogP contribution < -0.4 is 15.1 Å². The summed E-state index contributed by atoms with van der Waals surface area (Å²) >= 11 is 0. The van der Waals surface area contributed by atoms with Crippen LogP contribution in [0.1, 0.15) is 6.42 Å². The van der Waals surface area contributed by atoms with Crippen LogP contribution in [0.25, 0.3) is 0 Å².